The average Bonchev–Trinajstić information content (AvgIpc) is 2.62. The minimum absolute atomic E-state index is 0.296. The highest BCUT2D eigenvalue weighted by Crippen LogP contribution is 2.32. The second kappa shape index (κ2) is 7.40. The van der Waals surface area contributed by atoms with Crippen LogP contribution < -0.4 is 15.8 Å². The Balaban J connectivity index is 1.82. The molecule has 3 N–H and O–H groups in total. The number of ether oxygens (including phenoxy) is 1. The molecule has 0 unspecified atom stereocenters. The lowest BCUT2D eigenvalue weighted by atomic mass is 10.1. The van der Waals surface area contributed by atoms with E-state index in [-0.39, 0.29) is 0 Å². The van der Waals surface area contributed by atoms with Gasteiger partial charge in [-0.3, -0.25) is 0 Å². The fourth-order valence-corrected chi connectivity index (χ4v) is 2.43. The number of nitrogens with one attached hydrogen (secondary N) is 1. The summed E-state index contributed by atoms with van der Waals surface area (Å²) < 4.78 is 5.79. The lowest BCUT2D eigenvalue weighted by molar-refractivity contribution is 0.464. The first-order valence-electron chi connectivity index (χ1n) is 7.97. The van der Waals surface area contributed by atoms with Crippen molar-refractivity contribution in [3.05, 3.63) is 64.9 Å². The van der Waals surface area contributed by atoms with Crippen LogP contribution in [0.15, 0.2) is 48.8 Å². The Morgan fingerprint density at radius 1 is 1.12 bits per heavy atom. The highest BCUT2D eigenvalue weighted by atomic mass is 35.5. The lowest BCUT2D eigenvalue weighted by Gasteiger charge is -2.12. The number of nitrogen functional groups attached to an aromatic ring is 1. The smallest absolute Gasteiger partial charge is 0.248 e. The molecule has 6 heteroatoms. The summed E-state index contributed by atoms with van der Waals surface area (Å²) in [4.78, 5) is 8.33. The third-order valence-electron chi connectivity index (χ3n) is 3.82. The van der Waals surface area contributed by atoms with Crippen molar-refractivity contribution in [2.24, 2.45) is 0 Å². The van der Waals surface area contributed by atoms with Crippen molar-refractivity contribution in [2.45, 2.75) is 20.3 Å². The summed E-state index contributed by atoms with van der Waals surface area (Å²) >= 11 is 6.04. The van der Waals surface area contributed by atoms with Gasteiger partial charge in [0.15, 0.2) is 5.82 Å². The largest absolute Gasteiger partial charge is 0.437 e. The van der Waals surface area contributed by atoms with Gasteiger partial charge in [-0.1, -0.05) is 30.7 Å². The predicted molar refractivity (Wildman–Crippen MR) is 102 cm³/mol. The average molecular weight is 355 g/mol. The number of anilines is 3. The van der Waals surface area contributed by atoms with Crippen molar-refractivity contribution in [3.8, 4) is 11.6 Å². The van der Waals surface area contributed by atoms with Crippen LogP contribution in [0.2, 0.25) is 5.02 Å². The molecule has 3 rings (SSSR count). The molecule has 0 saturated heterocycles. The molecule has 0 aliphatic heterocycles. The van der Waals surface area contributed by atoms with E-state index >= 15 is 0 Å². The summed E-state index contributed by atoms with van der Waals surface area (Å²) in [5.41, 5.74) is 9.59. The highest BCUT2D eigenvalue weighted by molar-refractivity contribution is 6.31. The predicted octanol–water partition coefficient (Wildman–Crippen LogP) is 5.12. The zero-order valence-corrected chi connectivity index (χ0v) is 14.8. The molecule has 1 heterocycles. The summed E-state index contributed by atoms with van der Waals surface area (Å²) in [6.07, 6.45) is 2.41. The molecule has 128 valence electrons. The first-order valence-corrected chi connectivity index (χ1v) is 8.35. The van der Waals surface area contributed by atoms with Gasteiger partial charge in [0.25, 0.3) is 0 Å². The summed E-state index contributed by atoms with van der Waals surface area (Å²) in [5.74, 6) is 1.41. The van der Waals surface area contributed by atoms with Gasteiger partial charge >= 0.3 is 0 Å². The Labute approximate surface area is 151 Å². The SMILES string of the molecule is CCc1ccc(Nc2ncnc(Oc3ccc(Cl)c(C)c3)c2N)cc1. The van der Waals surface area contributed by atoms with E-state index < -0.39 is 0 Å². The second-order valence-corrected chi connectivity index (χ2v) is 6.04. The van der Waals surface area contributed by atoms with Crippen LogP contribution in [0.25, 0.3) is 0 Å². The topological polar surface area (TPSA) is 73.1 Å². The minimum atomic E-state index is 0.296. The van der Waals surface area contributed by atoms with Gasteiger partial charge in [0.05, 0.1) is 0 Å². The van der Waals surface area contributed by atoms with Gasteiger partial charge < -0.3 is 15.8 Å². The highest BCUT2D eigenvalue weighted by Gasteiger charge is 2.11. The maximum atomic E-state index is 6.16. The molecule has 2 aromatic carbocycles. The second-order valence-electron chi connectivity index (χ2n) is 5.63. The van der Waals surface area contributed by atoms with E-state index in [2.05, 4.69) is 34.3 Å². The van der Waals surface area contributed by atoms with Crippen molar-refractivity contribution in [2.75, 3.05) is 11.1 Å². The quantitative estimate of drug-likeness (QED) is 0.665. The summed E-state index contributed by atoms with van der Waals surface area (Å²) in [5, 5.41) is 3.87. The van der Waals surface area contributed by atoms with Gasteiger partial charge in [0, 0.05) is 10.7 Å². The van der Waals surface area contributed by atoms with Gasteiger partial charge in [0.1, 0.15) is 17.8 Å². The van der Waals surface area contributed by atoms with Crippen LogP contribution in [-0.2, 0) is 6.42 Å². The number of benzene rings is 2. The van der Waals surface area contributed by atoms with Crippen molar-refractivity contribution in [3.63, 3.8) is 0 Å². The molecule has 0 atom stereocenters. The zero-order valence-electron chi connectivity index (χ0n) is 14.1. The Kier molecular flexibility index (Phi) is 5.05. The Bertz CT molecular complexity index is 881. The summed E-state index contributed by atoms with van der Waals surface area (Å²) in [7, 11) is 0. The maximum absolute atomic E-state index is 6.16. The molecule has 0 fully saturated rings. The van der Waals surface area contributed by atoms with E-state index in [1.165, 1.54) is 11.9 Å². The van der Waals surface area contributed by atoms with E-state index in [4.69, 9.17) is 22.1 Å². The van der Waals surface area contributed by atoms with Crippen molar-refractivity contribution in [1.82, 2.24) is 9.97 Å². The van der Waals surface area contributed by atoms with Crippen LogP contribution in [0.3, 0.4) is 0 Å². The normalized spacial score (nSPS) is 10.5. The van der Waals surface area contributed by atoms with Crippen molar-refractivity contribution < 1.29 is 4.74 Å². The zero-order chi connectivity index (χ0) is 17.8. The number of halogens is 1. The van der Waals surface area contributed by atoms with Gasteiger partial charge in [-0.05, 0) is 54.8 Å². The molecule has 1 aromatic heterocycles. The molecule has 0 spiro atoms. The third kappa shape index (κ3) is 4.00. The maximum Gasteiger partial charge on any atom is 0.248 e. The number of aryl methyl sites for hydroxylation is 2. The first-order chi connectivity index (χ1) is 12.1. The molecule has 0 amide bonds. The number of rotatable bonds is 5. The van der Waals surface area contributed by atoms with E-state index in [9.17, 15) is 0 Å². The molecule has 25 heavy (non-hydrogen) atoms. The van der Waals surface area contributed by atoms with E-state index in [0.29, 0.717) is 28.2 Å². The third-order valence-corrected chi connectivity index (χ3v) is 4.24. The Hall–Kier alpha value is -2.79. The van der Waals surface area contributed by atoms with Crippen LogP contribution in [0, 0.1) is 6.92 Å². The van der Waals surface area contributed by atoms with Gasteiger partial charge in [-0.25, -0.2) is 4.98 Å². The molecule has 5 nitrogen and oxygen atoms in total. The number of nitrogens with two attached hydrogens (primary N) is 1. The standard InChI is InChI=1S/C19H19ClN4O/c1-3-13-4-6-14(7-5-13)24-18-17(21)19(23-11-22-18)25-15-8-9-16(20)12(2)10-15/h4-11H,3,21H2,1-2H3,(H,22,23,24). The van der Waals surface area contributed by atoms with Crippen LogP contribution in [0.1, 0.15) is 18.1 Å². The fraction of sp³-hybridized carbons (Fsp3) is 0.158. The van der Waals surface area contributed by atoms with Gasteiger partial charge in [0.2, 0.25) is 5.88 Å². The summed E-state index contributed by atoms with van der Waals surface area (Å²) in [6, 6.07) is 13.5. The lowest BCUT2D eigenvalue weighted by Crippen LogP contribution is -2.03. The first kappa shape index (κ1) is 17.0. The molecule has 0 bridgehead atoms. The van der Waals surface area contributed by atoms with Crippen LogP contribution in [0.5, 0.6) is 11.6 Å². The fourth-order valence-electron chi connectivity index (χ4n) is 2.31. The number of aromatic nitrogens is 2. The van der Waals surface area contributed by atoms with Gasteiger partial charge in [-0.2, -0.15) is 4.98 Å². The molecule has 0 saturated carbocycles. The van der Waals surface area contributed by atoms with E-state index in [1.54, 1.807) is 12.1 Å². The molecule has 0 aliphatic carbocycles. The van der Waals surface area contributed by atoms with Crippen molar-refractivity contribution >= 4 is 28.8 Å². The van der Waals surface area contributed by atoms with Crippen LogP contribution in [0.4, 0.5) is 17.2 Å². The van der Waals surface area contributed by atoms with Crippen molar-refractivity contribution in [1.29, 1.82) is 0 Å². The summed E-state index contributed by atoms with van der Waals surface area (Å²) in [6.45, 7) is 4.03. The number of hydrogen-bond acceptors (Lipinski definition) is 5. The molecule has 0 radical (unpaired) electrons. The molecule has 3 aromatic rings. The molecular formula is C19H19ClN4O. The number of nitrogens with zero attached hydrogens (tertiary/aromatic N) is 2. The Morgan fingerprint density at radius 2 is 1.88 bits per heavy atom. The van der Waals surface area contributed by atoms with Crippen LogP contribution >= 0.6 is 11.6 Å². The van der Waals surface area contributed by atoms with E-state index in [1.807, 2.05) is 25.1 Å². The Morgan fingerprint density at radius 3 is 2.56 bits per heavy atom. The molecular weight excluding hydrogens is 336 g/mol. The monoisotopic (exact) mass is 354 g/mol. The number of hydrogen-bond donors (Lipinski definition) is 2. The van der Waals surface area contributed by atoms with Gasteiger partial charge in [-0.15, -0.1) is 0 Å². The minimum Gasteiger partial charge on any atom is -0.437 e. The van der Waals surface area contributed by atoms with Crippen LogP contribution in [-0.4, -0.2) is 9.97 Å². The van der Waals surface area contributed by atoms with E-state index in [0.717, 1.165) is 17.7 Å². The molecule has 0 aliphatic rings.